The molecule has 0 spiro atoms. The molecule has 202 valence electrons. The first-order valence-electron chi connectivity index (χ1n) is 12.7. The normalized spacial score (nSPS) is 11.0. The summed E-state index contributed by atoms with van der Waals surface area (Å²) in [5, 5.41) is 18.1. The van der Waals surface area contributed by atoms with Crippen LogP contribution in [0.25, 0.3) is 27.0 Å². The number of carboxylic acids is 1. The zero-order valence-corrected chi connectivity index (χ0v) is 23.3. The van der Waals surface area contributed by atoms with Crippen LogP contribution in [-0.4, -0.2) is 25.3 Å². The number of anilines is 3. The van der Waals surface area contributed by atoms with E-state index in [2.05, 4.69) is 41.3 Å². The van der Waals surface area contributed by atoms with Crippen molar-refractivity contribution >= 4 is 40.4 Å². The van der Waals surface area contributed by atoms with Crippen molar-refractivity contribution in [2.24, 2.45) is 0 Å². The van der Waals surface area contributed by atoms with Crippen molar-refractivity contribution in [2.75, 3.05) is 19.1 Å². The molecule has 1 N–H and O–H groups in total. The van der Waals surface area contributed by atoms with Gasteiger partial charge in [-0.1, -0.05) is 36.4 Å². The summed E-state index contributed by atoms with van der Waals surface area (Å²) in [6.45, 7) is 0. The van der Waals surface area contributed by atoms with Gasteiger partial charge in [-0.05, 0) is 95.6 Å². The lowest BCUT2D eigenvalue weighted by Crippen LogP contribution is -2.09. The second-order valence-electron chi connectivity index (χ2n) is 9.04. The van der Waals surface area contributed by atoms with Gasteiger partial charge < -0.3 is 19.5 Å². The van der Waals surface area contributed by atoms with Gasteiger partial charge in [0, 0.05) is 26.8 Å². The molecule has 0 radical (unpaired) electrons. The van der Waals surface area contributed by atoms with Crippen LogP contribution in [-0.2, 0) is 4.79 Å². The standard InChI is InChI=1S/C34H26N2O4S/c1-39-30-15-11-28(12-16-30)36(29-13-17-31(40-2)18-14-29)27-9-7-25(8-10-27)33-20-19-32(41-33)24-5-3-23(4-6-24)21-26(22-35)34(37)38/h3-21H,1-2H3,(H,37,38). The molecule has 1 aromatic heterocycles. The molecule has 6 nitrogen and oxygen atoms in total. The first-order chi connectivity index (χ1) is 20.0. The van der Waals surface area contributed by atoms with Crippen molar-refractivity contribution in [3.63, 3.8) is 0 Å². The minimum Gasteiger partial charge on any atom is -0.497 e. The molecule has 0 amide bonds. The number of ether oxygens (including phenoxy) is 2. The third kappa shape index (κ3) is 6.14. The van der Waals surface area contributed by atoms with E-state index in [0.29, 0.717) is 5.56 Å². The second kappa shape index (κ2) is 12.2. The Morgan fingerprint density at radius 2 is 1.12 bits per heavy atom. The van der Waals surface area contributed by atoms with Crippen molar-refractivity contribution in [2.45, 2.75) is 0 Å². The summed E-state index contributed by atoms with van der Waals surface area (Å²) < 4.78 is 10.7. The fourth-order valence-electron chi connectivity index (χ4n) is 4.38. The van der Waals surface area contributed by atoms with Gasteiger partial charge in [0.1, 0.15) is 23.1 Å². The molecule has 5 rings (SSSR count). The molecule has 0 atom stereocenters. The van der Waals surface area contributed by atoms with Crippen LogP contribution in [0.4, 0.5) is 17.1 Å². The molecule has 0 unspecified atom stereocenters. The zero-order valence-electron chi connectivity index (χ0n) is 22.4. The number of carbonyl (C=O) groups is 1. The van der Waals surface area contributed by atoms with Gasteiger partial charge in [-0.25, -0.2) is 4.79 Å². The number of carboxylic acid groups (broad SMARTS) is 1. The summed E-state index contributed by atoms with van der Waals surface area (Å²) in [5.74, 6) is 0.359. The van der Waals surface area contributed by atoms with E-state index in [-0.39, 0.29) is 5.57 Å². The molecular formula is C34H26N2O4S. The molecule has 0 bridgehead atoms. The SMILES string of the molecule is COc1ccc(N(c2ccc(OC)cc2)c2ccc(-c3ccc(-c4ccc(C=C(C#N)C(=O)O)cc4)s3)cc2)cc1. The fourth-order valence-corrected chi connectivity index (χ4v) is 5.40. The molecule has 4 aromatic carbocycles. The van der Waals surface area contributed by atoms with E-state index in [1.54, 1.807) is 31.6 Å². The maximum absolute atomic E-state index is 11.1. The Kier molecular flexibility index (Phi) is 8.14. The van der Waals surface area contributed by atoms with Crippen LogP contribution >= 0.6 is 11.3 Å². The largest absolute Gasteiger partial charge is 0.497 e. The molecule has 0 saturated heterocycles. The number of nitrogens with zero attached hydrogens (tertiary/aromatic N) is 2. The summed E-state index contributed by atoms with van der Waals surface area (Å²) in [7, 11) is 3.32. The minimum atomic E-state index is -1.23. The Bertz CT molecular complexity index is 1670. The number of benzene rings is 4. The zero-order chi connectivity index (χ0) is 28.8. The summed E-state index contributed by atoms with van der Waals surface area (Å²) in [6.07, 6.45) is 1.37. The van der Waals surface area contributed by atoms with Crippen LogP contribution in [0.5, 0.6) is 11.5 Å². The summed E-state index contributed by atoms with van der Waals surface area (Å²) in [4.78, 5) is 15.5. The highest BCUT2D eigenvalue weighted by molar-refractivity contribution is 7.18. The average molecular weight is 559 g/mol. The van der Waals surface area contributed by atoms with Crippen LogP contribution in [0.15, 0.2) is 115 Å². The predicted molar refractivity (Wildman–Crippen MR) is 164 cm³/mol. The van der Waals surface area contributed by atoms with Gasteiger partial charge in [-0.15, -0.1) is 11.3 Å². The Labute approximate surface area is 242 Å². The lowest BCUT2D eigenvalue weighted by molar-refractivity contribution is -0.132. The monoisotopic (exact) mass is 558 g/mol. The van der Waals surface area contributed by atoms with Crippen LogP contribution in [0.3, 0.4) is 0 Å². The third-order valence-corrected chi connectivity index (χ3v) is 7.72. The first kappa shape index (κ1) is 27.3. The molecule has 0 fully saturated rings. The van der Waals surface area contributed by atoms with Crippen LogP contribution in [0.1, 0.15) is 5.56 Å². The van der Waals surface area contributed by atoms with Gasteiger partial charge in [0.25, 0.3) is 0 Å². The van der Waals surface area contributed by atoms with E-state index >= 15 is 0 Å². The molecule has 41 heavy (non-hydrogen) atoms. The highest BCUT2D eigenvalue weighted by Crippen LogP contribution is 2.39. The first-order valence-corrected chi connectivity index (χ1v) is 13.5. The Hall–Kier alpha value is -5.32. The smallest absolute Gasteiger partial charge is 0.346 e. The van der Waals surface area contributed by atoms with Gasteiger partial charge in [-0.2, -0.15) is 5.26 Å². The van der Waals surface area contributed by atoms with E-state index in [1.807, 2.05) is 72.8 Å². The Morgan fingerprint density at radius 3 is 1.51 bits per heavy atom. The van der Waals surface area contributed by atoms with Crippen molar-refractivity contribution in [3.8, 4) is 38.4 Å². The van der Waals surface area contributed by atoms with E-state index in [0.717, 1.165) is 49.4 Å². The van der Waals surface area contributed by atoms with E-state index in [1.165, 1.54) is 6.08 Å². The van der Waals surface area contributed by atoms with Crippen molar-refractivity contribution in [3.05, 3.63) is 120 Å². The summed E-state index contributed by atoms with van der Waals surface area (Å²) >= 11 is 1.68. The highest BCUT2D eigenvalue weighted by Gasteiger charge is 2.14. The second-order valence-corrected chi connectivity index (χ2v) is 10.1. The molecule has 1 heterocycles. The number of rotatable bonds is 9. The van der Waals surface area contributed by atoms with Crippen LogP contribution < -0.4 is 14.4 Å². The predicted octanol–water partition coefficient (Wildman–Crippen LogP) is 8.56. The molecular weight excluding hydrogens is 532 g/mol. The minimum absolute atomic E-state index is 0.294. The van der Waals surface area contributed by atoms with Crippen LogP contribution in [0.2, 0.25) is 0 Å². The molecule has 0 aliphatic rings. The molecule has 7 heteroatoms. The lowest BCUT2D eigenvalue weighted by Gasteiger charge is -2.26. The lowest BCUT2D eigenvalue weighted by atomic mass is 10.1. The molecule has 0 aliphatic heterocycles. The van der Waals surface area contributed by atoms with Gasteiger partial charge in [0.05, 0.1) is 14.2 Å². The maximum Gasteiger partial charge on any atom is 0.346 e. The number of hydrogen-bond acceptors (Lipinski definition) is 6. The molecule has 0 aliphatic carbocycles. The maximum atomic E-state index is 11.1. The number of nitriles is 1. The summed E-state index contributed by atoms with van der Waals surface area (Å²) in [5.41, 5.74) is 5.53. The quantitative estimate of drug-likeness (QED) is 0.144. The Morgan fingerprint density at radius 1 is 0.707 bits per heavy atom. The average Bonchev–Trinajstić information content (AvgIpc) is 3.52. The van der Waals surface area contributed by atoms with Crippen molar-refractivity contribution in [1.29, 1.82) is 5.26 Å². The molecule has 5 aromatic rings. The van der Waals surface area contributed by atoms with Gasteiger partial charge in [0.2, 0.25) is 0 Å². The highest BCUT2D eigenvalue weighted by atomic mass is 32.1. The number of hydrogen-bond donors (Lipinski definition) is 1. The van der Waals surface area contributed by atoms with Gasteiger partial charge in [-0.3, -0.25) is 0 Å². The van der Waals surface area contributed by atoms with E-state index in [4.69, 9.17) is 19.8 Å². The fraction of sp³-hybridized carbons (Fsp3) is 0.0588. The third-order valence-electron chi connectivity index (χ3n) is 6.53. The van der Waals surface area contributed by atoms with E-state index in [9.17, 15) is 4.79 Å². The molecule has 0 saturated carbocycles. The van der Waals surface area contributed by atoms with Gasteiger partial charge in [0.15, 0.2) is 0 Å². The number of aliphatic carboxylic acids is 1. The van der Waals surface area contributed by atoms with Crippen molar-refractivity contribution < 1.29 is 19.4 Å². The van der Waals surface area contributed by atoms with Crippen LogP contribution in [0, 0.1) is 11.3 Å². The van der Waals surface area contributed by atoms with E-state index < -0.39 is 5.97 Å². The van der Waals surface area contributed by atoms with Gasteiger partial charge >= 0.3 is 5.97 Å². The Balaban J connectivity index is 1.41. The number of methoxy groups -OCH3 is 2. The summed E-state index contributed by atoms with van der Waals surface area (Å²) in [6, 6.07) is 37.8. The van der Waals surface area contributed by atoms with Crippen molar-refractivity contribution in [1.82, 2.24) is 0 Å². The topological polar surface area (TPSA) is 82.8 Å². The number of thiophene rings is 1.